The summed E-state index contributed by atoms with van der Waals surface area (Å²) in [6.07, 6.45) is 0.266. The molecule has 0 aliphatic carbocycles. The fourth-order valence-corrected chi connectivity index (χ4v) is 2.85. The average Bonchev–Trinajstić information content (AvgIpc) is 2.37. The Morgan fingerprint density at radius 1 is 0.952 bits per heavy atom. The van der Waals surface area contributed by atoms with Crippen LogP contribution in [0.4, 0.5) is 8.78 Å². The van der Waals surface area contributed by atoms with Crippen LogP contribution in [0.25, 0.3) is 0 Å². The largest absolute Gasteiger partial charge is 0.321 e. The molecule has 0 fully saturated rings. The van der Waals surface area contributed by atoms with Crippen LogP contribution in [0, 0.1) is 11.6 Å². The first-order valence-electron chi connectivity index (χ1n) is 6.08. The molecule has 0 aromatic heterocycles. The Kier molecular flexibility index (Phi) is 4.79. The van der Waals surface area contributed by atoms with E-state index in [0.29, 0.717) is 11.1 Å². The van der Waals surface area contributed by atoms with Crippen molar-refractivity contribution in [2.24, 2.45) is 5.73 Å². The lowest BCUT2D eigenvalue weighted by Gasteiger charge is -2.27. The molecule has 21 heavy (non-hydrogen) atoms. The molecule has 1 atom stereocenters. The molecule has 0 aliphatic heterocycles. The van der Waals surface area contributed by atoms with Crippen molar-refractivity contribution in [1.29, 1.82) is 0 Å². The van der Waals surface area contributed by atoms with E-state index in [0.717, 1.165) is 0 Å². The van der Waals surface area contributed by atoms with Crippen molar-refractivity contribution in [2.75, 3.05) is 0 Å². The molecule has 112 valence electrons. The van der Waals surface area contributed by atoms with Crippen molar-refractivity contribution >= 4 is 34.8 Å². The molecule has 2 N–H and O–H groups in total. The third-order valence-electron chi connectivity index (χ3n) is 3.18. The maximum atomic E-state index is 13.6. The van der Waals surface area contributed by atoms with Crippen molar-refractivity contribution < 1.29 is 8.78 Å². The van der Waals surface area contributed by atoms with Gasteiger partial charge in [0, 0.05) is 10.6 Å². The molecular weight excluding hydrogens is 339 g/mol. The second-order valence-electron chi connectivity index (χ2n) is 5.09. The lowest BCUT2D eigenvalue weighted by atomic mass is 9.86. The second-order valence-corrected chi connectivity index (χ2v) is 6.31. The van der Waals surface area contributed by atoms with Gasteiger partial charge in [-0.15, -0.1) is 0 Å². The van der Waals surface area contributed by atoms with Crippen LogP contribution in [0.1, 0.15) is 18.1 Å². The molecule has 6 heteroatoms. The SMILES string of the molecule is CC(N)(Cc1ccc(Cl)c(F)c1)c1cc(F)c(Cl)cc1Cl. The Labute approximate surface area is 136 Å². The van der Waals surface area contributed by atoms with E-state index >= 15 is 0 Å². The maximum absolute atomic E-state index is 13.6. The zero-order valence-electron chi connectivity index (χ0n) is 11.1. The highest BCUT2D eigenvalue weighted by Gasteiger charge is 2.26. The third-order valence-corrected chi connectivity index (χ3v) is 4.09. The Bertz CT molecular complexity index is 687. The Hall–Kier alpha value is -0.870. The number of halogens is 5. The summed E-state index contributed by atoms with van der Waals surface area (Å²) in [4.78, 5) is 0. The number of rotatable bonds is 3. The molecule has 1 unspecified atom stereocenters. The molecule has 0 heterocycles. The zero-order chi connectivity index (χ0) is 15.8. The standard InChI is InChI=1S/C15H12Cl3F2N/c1-15(21,7-8-2-3-10(16)13(19)4-8)9-5-14(20)12(18)6-11(9)17/h2-6H,7,21H2,1H3. The zero-order valence-corrected chi connectivity index (χ0v) is 13.3. The fraction of sp³-hybridized carbons (Fsp3) is 0.200. The van der Waals surface area contributed by atoms with Crippen LogP contribution in [0.5, 0.6) is 0 Å². The van der Waals surface area contributed by atoms with Gasteiger partial charge >= 0.3 is 0 Å². The van der Waals surface area contributed by atoms with Gasteiger partial charge in [0.25, 0.3) is 0 Å². The van der Waals surface area contributed by atoms with Gasteiger partial charge in [-0.2, -0.15) is 0 Å². The maximum Gasteiger partial charge on any atom is 0.142 e. The molecule has 0 amide bonds. The first kappa shape index (κ1) is 16.5. The molecule has 0 aliphatic rings. The van der Waals surface area contributed by atoms with Crippen LogP contribution < -0.4 is 5.73 Å². The minimum absolute atomic E-state index is 0.0352. The Morgan fingerprint density at radius 2 is 1.57 bits per heavy atom. The van der Waals surface area contributed by atoms with Gasteiger partial charge in [-0.05, 0) is 48.7 Å². The van der Waals surface area contributed by atoms with Gasteiger partial charge in [0.1, 0.15) is 11.6 Å². The number of hydrogen-bond donors (Lipinski definition) is 1. The summed E-state index contributed by atoms with van der Waals surface area (Å²) >= 11 is 17.4. The van der Waals surface area contributed by atoms with Gasteiger partial charge in [-0.1, -0.05) is 40.9 Å². The molecule has 2 aromatic carbocycles. The van der Waals surface area contributed by atoms with E-state index in [1.165, 1.54) is 24.3 Å². The normalized spacial score (nSPS) is 14.0. The summed E-state index contributed by atoms with van der Waals surface area (Å²) in [5.74, 6) is -1.13. The quantitative estimate of drug-likeness (QED) is 0.743. The monoisotopic (exact) mass is 349 g/mol. The molecule has 1 nitrogen and oxygen atoms in total. The minimum Gasteiger partial charge on any atom is -0.321 e. The van der Waals surface area contributed by atoms with Crippen molar-refractivity contribution in [3.8, 4) is 0 Å². The molecule has 0 saturated carbocycles. The Morgan fingerprint density at radius 3 is 2.19 bits per heavy atom. The summed E-state index contributed by atoms with van der Waals surface area (Å²) in [6, 6.07) is 6.93. The second kappa shape index (κ2) is 6.09. The molecule has 0 radical (unpaired) electrons. The lowest BCUT2D eigenvalue weighted by molar-refractivity contribution is 0.485. The smallest absolute Gasteiger partial charge is 0.142 e. The first-order chi connectivity index (χ1) is 9.70. The van der Waals surface area contributed by atoms with Gasteiger partial charge in [-0.3, -0.25) is 0 Å². The predicted octanol–water partition coefficient (Wildman–Crippen LogP) is 5.34. The highest BCUT2D eigenvalue weighted by atomic mass is 35.5. The van der Waals surface area contributed by atoms with E-state index in [2.05, 4.69) is 0 Å². The number of hydrogen-bond acceptors (Lipinski definition) is 1. The lowest BCUT2D eigenvalue weighted by Crippen LogP contribution is -2.36. The average molecular weight is 351 g/mol. The van der Waals surface area contributed by atoms with Crippen molar-refractivity contribution in [1.82, 2.24) is 0 Å². The summed E-state index contributed by atoms with van der Waals surface area (Å²) in [5, 5.41) is 0.228. The van der Waals surface area contributed by atoms with Crippen molar-refractivity contribution in [3.05, 3.63) is 68.2 Å². The third kappa shape index (κ3) is 3.67. The Balaban J connectivity index is 2.37. The van der Waals surface area contributed by atoms with Crippen molar-refractivity contribution in [3.63, 3.8) is 0 Å². The fourth-order valence-electron chi connectivity index (χ4n) is 2.13. The molecule has 0 spiro atoms. The topological polar surface area (TPSA) is 26.0 Å². The summed E-state index contributed by atoms with van der Waals surface area (Å²) in [6.45, 7) is 1.69. The minimum atomic E-state index is -0.983. The van der Waals surface area contributed by atoms with Gasteiger partial charge < -0.3 is 5.73 Å². The van der Waals surface area contributed by atoms with Gasteiger partial charge in [0.15, 0.2) is 0 Å². The van der Waals surface area contributed by atoms with Crippen LogP contribution in [0.2, 0.25) is 15.1 Å². The summed E-state index contributed by atoms with van der Waals surface area (Å²) in [5.41, 5.74) is 6.28. The van der Waals surface area contributed by atoms with Gasteiger partial charge in [0.05, 0.1) is 10.0 Å². The summed E-state index contributed by atoms with van der Waals surface area (Å²) < 4.78 is 27.1. The van der Waals surface area contributed by atoms with Crippen LogP contribution >= 0.6 is 34.8 Å². The predicted molar refractivity (Wildman–Crippen MR) is 83.1 cm³/mol. The van der Waals surface area contributed by atoms with Crippen molar-refractivity contribution in [2.45, 2.75) is 18.9 Å². The molecular formula is C15H12Cl3F2N. The van der Waals surface area contributed by atoms with Gasteiger partial charge in [-0.25, -0.2) is 8.78 Å². The number of benzene rings is 2. The molecule has 0 bridgehead atoms. The van der Waals surface area contributed by atoms with E-state index in [-0.39, 0.29) is 21.5 Å². The van der Waals surface area contributed by atoms with Crippen LogP contribution in [0.3, 0.4) is 0 Å². The van der Waals surface area contributed by atoms with E-state index in [1.54, 1.807) is 13.0 Å². The number of nitrogens with two attached hydrogens (primary N) is 1. The van der Waals surface area contributed by atoms with E-state index < -0.39 is 17.2 Å². The van der Waals surface area contributed by atoms with Gasteiger partial charge in [0.2, 0.25) is 0 Å². The summed E-state index contributed by atoms with van der Waals surface area (Å²) in [7, 11) is 0. The molecule has 2 rings (SSSR count). The molecule has 2 aromatic rings. The molecule has 0 saturated heterocycles. The van der Waals surface area contributed by atoms with E-state index in [4.69, 9.17) is 40.5 Å². The van der Waals surface area contributed by atoms with Crippen LogP contribution in [-0.4, -0.2) is 0 Å². The highest BCUT2D eigenvalue weighted by molar-refractivity contribution is 6.35. The highest BCUT2D eigenvalue weighted by Crippen LogP contribution is 2.33. The van der Waals surface area contributed by atoms with Crippen LogP contribution in [-0.2, 0) is 12.0 Å². The first-order valence-corrected chi connectivity index (χ1v) is 7.22. The van der Waals surface area contributed by atoms with E-state index in [1.807, 2.05) is 0 Å². The van der Waals surface area contributed by atoms with E-state index in [9.17, 15) is 8.78 Å². The van der Waals surface area contributed by atoms with Crippen LogP contribution in [0.15, 0.2) is 30.3 Å².